The predicted molar refractivity (Wildman–Crippen MR) is 66.0 cm³/mol. The summed E-state index contributed by atoms with van der Waals surface area (Å²) in [4.78, 5) is 14.9. The Labute approximate surface area is 108 Å². The highest BCUT2D eigenvalue weighted by molar-refractivity contribution is 6.30. The maximum absolute atomic E-state index is 11.1. The third-order valence-electron chi connectivity index (χ3n) is 2.44. The number of nitrogens with zero attached hydrogens (tertiary/aromatic N) is 3. The first-order valence-electron chi connectivity index (χ1n) is 5.11. The van der Waals surface area contributed by atoms with Crippen molar-refractivity contribution in [3.05, 3.63) is 52.6 Å². The van der Waals surface area contributed by atoms with E-state index >= 15 is 0 Å². The van der Waals surface area contributed by atoms with Gasteiger partial charge < -0.3 is 10.3 Å². The average Bonchev–Trinajstić information content (AvgIpc) is 2.75. The quantitative estimate of drug-likeness (QED) is 0.909. The maximum atomic E-state index is 11.1. The summed E-state index contributed by atoms with van der Waals surface area (Å²) < 4.78 is 1.57. The van der Waals surface area contributed by atoms with Crippen LogP contribution in [0.3, 0.4) is 0 Å². The molecule has 18 heavy (non-hydrogen) atoms. The Balaban J connectivity index is 2.33. The average molecular weight is 261 g/mol. The van der Waals surface area contributed by atoms with Gasteiger partial charge in [-0.2, -0.15) is 5.26 Å². The number of rotatable bonds is 3. The molecule has 0 radical (unpaired) electrons. The number of amides is 1. The molecule has 2 rings (SSSR count). The van der Waals surface area contributed by atoms with Crippen LogP contribution in [0.25, 0.3) is 0 Å². The second-order valence-electron chi connectivity index (χ2n) is 3.67. The fourth-order valence-corrected chi connectivity index (χ4v) is 1.71. The Hall–Kier alpha value is -2.32. The van der Waals surface area contributed by atoms with Crippen molar-refractivity contribution < 1.29 is 4.79 Å². The Morgan fingerprint density at radius 1 is 1.44 bits per heavy atom. The van der Waals surface area contributed by atoms with E-state index in [1.807, 2.05) is 18.2 Å². The van der Waals surface area contributed by atoms with Gasteiger partial charge in [0.2, 0.25) is 0 Å². The van der Waals surface area contributed by atoms with Gasteiger partial charge in [-0.05, 0) is 17.7 Å². The number of nitriles is 1. The van der Waals surface area contributed by atoms with E-state index in [1.54, 1.807) is 16.7 Å². The van der Waals surface area contributed by atoms with E-state index in [9.17, 15) is 4.79 Å². The number of aromatic nitrogens is 2. The van der Waals surface area contributed by atoms with Gasteiger partial charge in [-0.1, -0.05) is 23.7 Å². The summed E-state index contributed by atoms with van der Waals surface area (Å²) in [6.45, 7) is 0.431. The summed E-state index contributed by atoms with van der Waals surface area (Å²) in [7, 11) is 0. The van der Waals surface area contributed by atoms with E-state index in [0.29, 0.717) is 11.6 Å². The number of hydrogen-bond acceptors (Lipinski definition) is 3. The summed E-state index contributed by atoms with van der Waals surface area (Å²) in [6, 6.07) is 9.13. The first kappa shape index (κ1) is 12.1. The molecule has 0 fully saturated rings. The SMILES string of the molecule is N#Cc1c(C(N)=O)ncn1Cc1ccc(Cl)cc1. The lowest BCUT2D eigenvalue weighted by Gasteiger charge is -2.04. The molecule has 0 atom stereocenters. The number of nitrogens with two attached hydrogens (primary N) is 1. The summed E-state index contributed by atoms with van der Waals surface area (Å²) in [5, 5.41) is 9.66. The van der Waals surface area contributed by atoms with Gasteiger partial charge in [0, 0.05) is 11.6 Å². The second kappa shape index (κ2) is 4.90. The van der Waals surface area contributed by atoms with Crippen molar-refractivity contribution in [1.82, 2.24) is 9.55 Å². The van der Waals surface area contributed by atoms with Crippen molar-refractivity contribution in [3.8, 4) is 6.07 Å². The standard InChI is InChI=1S/C12H9ClN4O/c13-9-3-1-8(2-4-9)6-17-7-16-11(12(15)18)10(17)5-14/h1-4,7H,6H2,(H2,15,18). The summed E-state index contributed by atoms with van der Waals surface area (Å²) in [6.07, 6.45) is 1.42. The monoisotopic (exact) mass is 260 g/mol. The molecule has 1 amide bonds. The lowest BCUT2D eigenvalue weighted by Crippen LogP contribution is -2.14. The van der Waals surface area contributed by atoms with E-state index in [4.69, 9.17) is 22.6 Å². The lowest BCUT2D eigenvalue weighted by atomic mass is 10.2. The number of halogens is 1. The van der Waals surface area contributed by atoms with E-state index < -0.39 is 5.91 Å². The molecule has 2 aromatic rings. The third kappa shape index (κ3) is 2.34. The predicted octanol–water partition coefficient (Wildman–Crippen LogP) is 1.56. The Bertz CT molecular complexity index is 625. The molecule has 0 saturated carbocycles. The zero-order valence-corrected chi connectivity index (χ0v) is 10.1. The first-order chi connectivity index (χ1) is 8.61. The van der Waals surface area contributed by atoms with Crippen molar-refractivity contribution in [2.24, 2.45) is 5.73 Å². The summed E-state index contributed by atoms with van der Waals surface area (Å²) >= 11 is 5.79. The minimum atomic E-state index is -0.707. The van der Waals surface area contributed by atoms with Crippen LogP contribution in [0.2, 0.25) is 5.02 Å². The van der Waals surface area contributed by atoms with Crippen LogP contribution in [0, 0.1) is 11.3 Å². The largest absolute Gasteiger partial charge is 0.364 e. The van der Waals surface area contributed by atoms with Gasteiger partial charge in [-0.15, -0.1) is 0 Å². The van der Waals surface area contributed by atoms with Crippen LogP contribution in [-0.4, -0.2) is 15.5 Å². The Morgan fingerprint density at radius 3 is 2.67 bits per heavy atom. The molecule has 5 nitrogen and oxygen atoms in total. The fraction of sp³-hybridized carbons (Fsp3) is 0.0833. The van der Waals surface area contributed by atoms with Crippen molar-refractivity contribution in [2.75, 3.05) is 0 Å². The topological polar surface area (TPSA) is 84.7 Å². The number of hydrogen-bond donors (Lipinski definition) is 1. The van der Waals surface area contributed by atoms with Crippen molar-refractivity contribution in [3.63, 3.8) is 0 Å². The van der Waals surface area contributed by atoms with Crippen molar-refractivity contribution in [2.45, 2.75) is 6.54 Å². The van der Waals surface area contributed by atoms with Crippen LogP contribution in [-0.2, 0) is 6.54 Å². The van der Waals surface area contributed by atoms with Gasteiger partial charge in [-0.25, -0.2) is 4.98 Å². The Morgan fingerprint density at radius 2 is 2.11 bits per heavy atom. The fourth-order valence-electron chi connectivity index (χ4n) is 1.59. The van der Waals surface area contributed by atoms with Crippen molar-refractivity contribution in [1.29, 1.82) is 5.26 Å². The molecule has 0 aliphatic carbocycles. The highest BCUT2D eigenvalue weighted by atomic mass is 35.5. The summed E-state index contributed by atoms with van der Waals surface area (Å²) in [5.41, 5.74) is 6.24. The molecule has 0 bridgehead atoms. The highest BCUT2D eigenvalue weighted by Crippen LogP contribution is 2.13. The molecule has 1 aromatic carbocycles. The van der Waals surface area contributed by atoms with Crippen LogP contribution < -0.4 is 5.73 Å². The third-order valence-corrected chi connectivity index (χ3v) is 2.70. The Kier molecular flexibility index (Phi) is 3.31. The molecular formula is C12H9ClN4O. The zero-order chi connectivity index (χ0) is 13.1. The van der Waals surface area contributed by atoms with Gasteiger partial charge in [0.1, 0.15) is 6.07 Å². The van der Waals surface area contributed by atoms with Gasteiger partial charge in [0.25, 0.3) is 5.91 Å². The number of carbonyl (C=O) groups excluding carboxylic acids is 1. The van der Waals surface area contributed by atoms with Gasteiger partial charge >= 0.3 is 0 Å². The van der Waals surface area contributed by atoms with E-state index in [0.717, 1.165) is 5.56 Å². The van der Waals surface area contributed by atoms with Crippen LogP contribution in [0.4, 0.5) is 0 Å². The molecule has 0 aliphatic heterocycles. The van der Waals surface area contributed by atoms with E-state index in [-0.39, 0.29) is 11.4 Å². The summed E-state index contributed by atoms with van der Waals surface area (Å²) in [5.74, 6) is -0.707. The second-order valence-corrected chi connectivity index (χ2v) is 4.11. The minimum Gasteiger partial charge on any atom is -0.364 e. The lowest BCUT2D eigenvalue weighted by molar-refractivity contribution is 0.0995. The number of primary amides is 1. The zero-order valence-electron chi connectivity index (χ0n) is 9.30. The molecule has 1 aromatic heterocycles. The van der Waals surface area contributed by atoms with Crippen LogP contribution in [0.15, 0.2) is 30.6 Å². The van der Waals surface area contributed by atoms with Gasteiger partial charge in [-0.3, -0.25) is 4.79 Å². The highest BCUT2D eigenvalue weighted by Gasteiger charge is 2.15. The molecule has 0 spiro atoms. The molecular weight excluding hydrogens is 252 g/mol. The number of imidazole rings is 1. The van der Waals surface area contributed by atoms with E-state index in [1.165, 1.54) is 6.33 Å². The normalized spacial score (nSPS) is 10.0. The minimum absolute atomic E-state index is 0.00790. The van der Waals surface area contributed by atoms with Crippen LogP contribution in [0.1, 0.15) is 21.7 Å². The molecule has 0 aliphatic rings. The van der Waals surface area contributed by atoms with Gasteiger partial charge in [0.05, 0.1) is 6.33 Å². The number of benzene rings is 1. The van der Waals surface area contributed by atoms with Crippen molar-refractivity contribution >= 4 is 17.5 Å². The van der Waals surface area contributed by atoms with Gasteiger partial charge in [0.15, 0.2) is 11.4 Å². The van der Waals surface area contributed by atoms with Crippen LogP contribution >= 0.6 is 11.6 Å². The van der Waals surface area contributed by atoms with Crippen LogP contribution in [0.5, 0.6) is 0 Å². The molecule has 90 valence electrons. The molecule has 1 heterocycles. The molecule has 6 heteroatoms. The molecule has 0 saturated heterocycles. The molecule has 0 unspecified atom stereocenters. The first-order valence-corrected chi connectivity index (χ1v) is 5.49. The van der Waals surface area contributed by atoms with E-state index in [2.05, 4.69) is 4.98 Å². The molecule has 2 N–H and O–H groups in total. The maximum Gasteiger partial charge on any atom is 0.270 e. The number of carbonyl (C=O) groups is 1. The smallest absolute Gasteiger partial charge is 0.270 e.